The van der Waals surface area contributed by atoms with Gasteiger partial charge in [0.2, 0.25) is 0 Å². The van der Waals surface area contributed by atoms with Gasteiger partial charge in [-0.05, 0) is 59.3 Å². The molecule has 1 aliphatic carbocycles. The molecule has 1 saturated carbocycles. The molecule has 2 aliphatic rings. The van der Waals surface area contributed by atoms with Gasteiger partial charge >= 0.3 is 0 Å². The molecule has 5 heteroatoms. The number of hydrogen-bond donors (Lipinski definition) is 2. The summed E-state index contributed by atoms with van der Waals surface area (Å²) in [5.41, 5.74) is 1.17. The van der Waals surface area contributed by atoms with Gasteiger partial charge in [0.15, 0.2) is 11.5 Å². The van der Waals surface area contributed by atoms with Gasteiger partial charge in [0, 0.05) is 12.6 Å². The third-order valence-corrected chi connectivity index (χ3v) is 4.49. The van der Waals surface area contributed by atoms with E-state index in [1.807, 2.05) is 6.07 Å². The molecule has 0 bridgehead atoms. The normalized spacial score (nSPS) is 25.5. The highest BCUT2D eigenvalue weighted by molar-refractivity contribution is 9.10. The van der Waals surface area contributed by atoms with Gasteiger partial charge in [0.1, 0.15) is 13.2 Å². The summed E-state index contributed by atoms with van der Waals surface area (Å²) in [6.07, 6.45) is 3.89. The first kappa shape index (κ1) is 14.2. The van der Waals surface area contributed by atoms with Crippen molar-refractivity contribution in [2.75, 3.05) is 13.2 Å². The van der Waals surface area contributed by atoms with Crippen LogP contribution in [-0.4, -0.2) is 30.5 Å². The molecular formula is C15H20BrNO3. The molecule has 1 aromatic carbocycles. The van der Waals surface area contributed by atoms with Crippen LogP contribution in [-0.2, 0) is 6.54 Å². The van der Waals surface area contributed by atoms with Crippen molar-refractivity contribution in [1.82, 2.24) is 5.32 Å². The molecule has 0 spiro atoms. The summed E-state index contributed by atoms with van der Waals surface area (Å²) in [5.74, 6) is 1.61. The number of rotatable bonds is 3. The maximum Gasteiger partial charge on any atom is 0.175 e. The minimum absolute atomic E-state index is 0.145. The number of benzene rings is 1. The van der Waals surface area contributed by atoms with E-state index >= 15 is 0 Å². The minimum Gasteiger partial charge on any atom is -0.486 e. The molecule has 2 atom stereocenters. The monoisotopic (exact) mass is 341 g/mol. The number of aliphatic hydroxyl groups is 1. The van der Waals surface area contributed by atoms with Crippen LogP contribution in [0.15, 0.2) is 16.6 Å². The molecule has 0 aromatic heterocycles. The second-order valence-electron chi connectivity index (χ2n) is 5.50. The number of nitrogens with one attached hydrogen (secondary N) is 1. The smallest absolute Gasteiger partial charge is 0.175 e. The molecule has 3 rings (SSSR count). The van der Waals surface area contributed by atoms with Gasteiger partial charge < -0.3 is 19.9 Å². The zero-order chi connectivity index (χ0) is 13.9. The highest BCUT2D eigenvalue weighted by atomic mass is 79.9. The molecule has 0 amide bonds. The van der Waals surface area contributed by atoms with Crippen LogP contribution in [0.1, 0.15) is 31.2 Å². The second kappa shape index (κ2) is 6.33. The Kier molecular flexibility index (Phi) is 4.48. The van der Waals surface area contributed by atoms with Crippen LogP contribution in [0.2, 0.25) is 0 Å². The average molecular weight is 342 g/mol. The van der Waals surface area contributed by atoms with E-state index in [0.717, 1.165) is 48.2 Å². The molecule has 20 heavy (non-hydrogen) atoms. The Morgan fingerprint density at radius 3 is 2.95 bits per heavy atom. The first-order valence-electron chi connectivity index (χ1n) is 7.22. The summed E-state index contributed by atoms with van der Waals surface area (Å²) in [4.78, 5) is 0. The molecule has 1 aromatic rings. The molecule has 110 valence electrons. The highest BCUT2D eigenvalue weighted by Crippen LogP contribution is 2.38. The minimum atomic E-state index is -0.145. The Balaban J connectivity index is 1.64. The van der Waals surface area contributed by atoms with E-state index < -0.39 is 0 Å². The lowest BCUT2D eigenvalue weighted by Crippen LogP contribution is -2.35. The van der Waals surface area contributed by atoms with Crippen LogP contribution in [0.25, 0.3) is 0 Å². The Morgan fingerprint density at radius 2 is 2.10 bits per heavy atom. The van der Waals surface area contributed by atoms with Crippen molar-refractivity contribution in [3.05, 3.63) is 22.2 Å². The van der Waals surface area contributed by atoms with E-state index in [0.29, 0.717) is 19.3 Å². The lowest BCUT2D eigenvalue weighted by molar-refractivity contribution is 0.111. The fraction of sp³-hybridized carbons (Fsp3) is 0.600. The van der Waals surface area contributed by atoms with Gasteiger partial charge in [0.05, 0.1) is 10.6 Å². The van der Waals surface area contributed by atoms with Crippen LogP contribution in [0.4, 0.5) is 0 Å². The summed E-state index contributed by atoms with van der Waals surface area (Å²) < 4.78 is 12.2. The summed E-state index contributed by atoms with van der Waals surface area (Å²) in [6, 6.07) is 4.51. The summed E-state index contributed by atoms with van der Waals surface area (Å²) >= 11 is 3.54. The van der Waals surface area contributed by atoms with Crippen LogP contribution in [0.5, 0.6) is 11.5 Å². The quantitative estimate of drug-likeness (QED) is 0.887. The van der Waals surface area contributed by atoms with Gasteiger partial charge in [0.25, 0.3) is 0 Å². The van der Waals surface area contributed by atoms with Crippen LogP contribution in [0, 0.1) is 0 Å². The number of fused-ring (bicyclic) bond motifs is 1. The van der Waals surface area contributed by atoms with Crippen LogP contribution >= 0.6 is 15.9 Å². The lowest BCUT2D eigenvalue weighted by atomic mass is 9.93. The van der Waals surface area contributed by atoms with Gasteiger partial charge in [-0.2, -0.15) is 0 Å². The molecule has 0 saturated heterocycles. The van der Waals surface area contributed by atoms with E-state index in [1.165, 1.54) is 5.56 Å². The van der Waals surface area contributed by atoms with E-state index in [2.05, 4.69) is 27.3 Å². The van der Waals surface area contributed by atoms with Gasteiger partial charge in [-0.25, -0.2) is 0 Å². The van der Waals surface area contributed by atoms with E-state index in [9.17, 15) is 5.11 Å². The lowest BCUT2D eigenvalue weighted by Gasteiger charge is -2.27. The topological polar surface area (TPSA) is 50.7 Å². The Hall–Kier alpha value is -0.780. The SMILES string of the molecule is OC1CCCC(NCc2cc(Br)c3c(c2)OCCO3)C1. The van der Waals surface area contributed by atoms with Crippen molar-refractivity contribution >= 4 is 15.9 Å². The average Bonchev–Trinajstić information content (AvgIpc) is 2.45. The maximum atomic E-state index is 9.69. The summed E-state index contributed by atoms with van der Waals surface area (Å²) in [7, 11) is 0. The Morgan fingerprint density at radius 1 is 1.25 bits per heavy atom. The van der Waals surface area contributed by atoms with E-state index in [1.54, 1.807) is 0 Å². The van der Waals surface area contributed by atoms with Crippen molar-refractivity contribution < 1.29 is 14.6 Å². The predicted octanol–water partition coefficient (Wildman–Crippen LogP) is 2.61. The fourth-order valence-electron chi connectivity index (χ4n) is 2.88. The molecule has 1 heterocycles. The van der Waals surface area contributed by atoms with Crippen molar-refractivity contribution in [1.29, 1.82) is 0 Å². The fourth-order valence-corrected chi connectivity index (χ4v) is 3.48. The van der Waals surface area contributed by atoms with Crippen LogP contribution < -0.4 is 14.8 Å². The highest BCUT2D eigenvalue weighted by Gasteiger charge is 2.20. The first-order chi connectivity index (χ1) is 9.72. The van der Waals surface area contributed by atoms with E-state index in [-0.39, 0.29) is 6.10 Å². The Bertz CT molecular complexity index is 480. The zero-order valence-electron chi connectivity index (χ0n) is 11.4. The number of halogens is 1. The number of aliphatic hydroxyl groups excluding tert-OH is 1. The molecular weight excluding hydrogens is 322 g/mol. The number of ether oxygens (including phenoxy) is 2. The number of hydrogen-bond acceptors (Lipinski definition) is 4. The third kappa shape index (κ3) is 3.27. The zero-order valence-corrected chi connectivity index (χ0v) is 13.0. The largest absolute Gasteiger partial charge is 0.486 e. The molecule has 1 fully saturated rings. The third-order valence-electron chi connectivity index (χ3n) is 3.90. The van der Waals surface area contributed by atoms with Crippen molar-refractivity contribution in [2.24, 2.45) is 0 Å². The van der Waals surface area contributed by atoms with Crippen molar-refractivity contribution in [3.8, 4) is 11.5 Å². The first-order valence-corrected chi connectivity index (χ1v) is 8.01. The van der Waals surface area contributed by atoms with Gasteiger partial charge in [-0.3, -0.25) is 0 Å². The predicted molar refractivity (Wildman–Crippen MR) is 80.2 cm³/mol. The molecule has 4 nitrogen and oxygen atoms in total. The molecule has 1 aliphatic heterocycles. The molecule has 2 N–H and O–H groups in total. The summed E-state index contributed by atoms with van der Waals surface area (Å²) in [5, 5.41) is 13.2. The van der Waals surface area contributed by atoms with Crippen LogP contribution in [0.3, 0.4) is 0 Å². The molecule has 0 radical (unpaired) electrons. The summed E-state index contributed by atoms with van der Waals surface area (Å²) in [6.45, 7) is 1.99. The maximum absolute atomic E-state index is 9.69. The van der Waals surface area contributed by atoms with Crippen molar-refractivity contribution in [3.63, 3.8) is 0 Å². The van der Waals surface area contributed by atoms with E-state index in [4.69, 9.17) is 9.47 Å². The molecule has 2 unspecified atom stereocenters. The Labute approximate surface area is 127 Å². The van der Waals surface area contributed by atoms with Crippen molar-refractivity contribution in [2.45, 2.75) is 44.4 Å². The standard InChI is InChI=1S/C15H20BrNO3/c16-13-6-10(7-14-15(13)20-5-4-19-14)9-17-11-2-1-3-12(18)8-11/h6-7,11-12,17-18H,1-5,8-9H2. The van der Waals surface area contributed by atoms with Gasteiger partial charge in [-0.15, -0.1) is 0 Å². The van der Waals surface area contributed by atoms with Gasteiger partial charge in [-0.1, -0.05) is 0 Å². The second-order valence-corrected chi connectivity index (χ2v) is 6.35.